The zero-order valence-corrected chi connectivity index (χ0v) is 15.7. The first kappa shape index (κ1) is 18.2. The lowest BCUT2D eigenvalue weighted by Crippen LogP contribution is -2.33. The topological polar surface area (TPSA) is 50.4 Å². The Morgan fingerprint density at radius 3 is 2.48 bits per heavy atom. The Hall–Kier alpha value is -2.17. The monoisotopic (exact) mass is 364 g/mol. The Bertz CT molecular complexity index is 769. The molecule has 1 heterocycles. The van der Waals surface area contributed by atoms with Crippen molar-refractivity contribution in [2.75, 3.05) is 13.1 Å². The van der Waals surface area contributed by atoms with Gasteiger partial charge in [0.1, 0.15) is 0 Å². The highest BCUT2D eigenvalue weighted by Crippen LogP contribution is 2.58. The second kappa shape index (κ2) is 8.24. The van der Waals surface area contributed by atoms with Crippen LogP contribution < -0.4 is 10.6 Å². The Morgan fingerprint density at radius 2 is 1.70 bits per heavy atom. The fourth-order valence-electron chi connectivity index (χ4n) is 4.23. The summed E-state index contributed by atoms with van der Waals surface area (Å²) >= 11 is 0. The number of rotatable bonds is 7. The molecule has 1 saturated heterocycles. The normalized spacial score (nSPS) is 20.4. The number of nitrogens with one attached hydrogen (secondary N) is 2. The molecule has 27 heavy (non-hydrogen) atoms. The summed E-state index contributed by atoms with van der Waals surface area (Å²) in [6.45, 7) is 3.82. The van der Waals surface area contributed by atoms with Crippen molar-refractivity contribution < 1.29 is 9.53 Å². The second-order valence-electron chi connectivity index (χ2n) is 7.83. The van der Waals surface area contributed by atoms with Crippen LogP contribution in [0.1, 0.15) is 36.0 Å². The highest BCUT2D eigenvalue weighted by molar-refractivity contribution is 5.82. The van der Waals surface area contributed by atoms with E-state index in [1.54, 1.807) is 0 Å². The van der Waals surface area contributed by atoms with Gasteiger partial charge in [-0.1, -0.05) is 54.6 Å². The van der Waals surface area contributed by atoms with Crippen molar-refractivity contribution in [3.8, 4) is 0 Å². The van der Waals surface area contributed by atoms with Gasteiger partial charge in [-0.2, -0.15) is 0 Å². The van der Waals surface area contributed by atoms with Gasteiger partial charge in [0.15, 0.2) is 0 Å². The van der Waals surface area contributed by atoms with Crippen LogP contribution in [-0.4, -0.2) is 19.0 Å². The summed E-state index contributed by atoms with van der Waals surface area (Å²) in [4.78, 5) is 12.6. The van der Waals surface area contributed by atoms with Gasteiger partial charge in [-0.25, -0.2) is 0 Å². The van der Waals surface area contributed by atoms with Crippen LogP contribution in [0.5, 0.6) is 0 Å². The summed E-state index contributed by atoms with van der Waals surface area (Å²) in [5, 5.41) is 6.56. The van der Waals surface area contributed by atoms with E-state index >= 15 is 0 Å². The van der Waals surface area contributed by atoms with Crippen molar-refractivity contribution in [1.29, 1.82) is 0 Å². The lowest BCUT2D eigenvalue weighted by Gasteiger charge is -2.23. The molecule has 0 radical (unpaired) electrons. The summed E-state index contributed by atoms with van der Waals surface area (Å²) in [7, 11) is 0. The standard InChI is InChI=1S/C23H28N2O2/c26-22(21-14-23(21)10-12-24-13-11-23)25-15-19-8-4-5-9-20(19)17-27-16-18-6-2-1-3-7-18/h1-9,21,24H,10-17H2,(H,25,26). The number of carbonyl (C=O) groups is 1. The molecule has 0 aromatic heterocycles. The largest absolute Gasteiger partial charge is 0.372 e. The van der Waals surface area contributed by atoms with Gasteiger partial charge in [0, 0.05) is 12.5 Å². The van der Waals surface area contributed by atoms with E-state index in [1.807, 2.05) is 30.3 Å². The fraction of sp³-hybridized carbons (Fsp3) is 0.435. The first-order chi connectivity index (χ1) is 13.3. The minimum Gasteiger partial charge on any atom is -0.372 e. The quantitative estimate of drug-likeness (QED) is 0.792. The van der Waals surface area contributed by atoms with E-state index < -0.39 is 0 Å². The van der Waals surface area contributed by atoms with Gasteiger partial charge in [0.2, 0.25) is 5.91 Å². The molecule has 1 aliphatic carbocycles. The molecule has 2 fully saturated rings. The molecule has 1 atom stereocenters. The maximum atomic E-state index is 12.6. The van der Waals surface area contributed by atoms with Crippen molar-refractivity contribution in [1.82, 2.24) is 10.6 Å². The van der Waals surface area contributed by atoms with E-state index in [0.29, 0.717) is 19.8 Å². The molecule has 1 aliphatic heterocycles. The third-order valence-corrected chi connectivity index (χ3v) is 6.05. The maximum absolute atomic E-state index is 12.6. The number of hydrogen-bond donors (Lipinski definition) is 2. The Morgan fingerprint density at radius 1 is 1.00 bits per heavy atom. The van der Waals surface area contributed by atoms with E-state index in [1.165, 1.54) is 5.56 Å². The Kier molecular flexibility index (Phi) is 5.55. The zero-order chi connectivity index (χ0) is 18.5. The molecule has 1 spiro atoms. The molecule has 142 valence electrons. The molecule has 4 rings (SSSR count). The minimum atomic E-state index is 0.209. The van der Waals surface area contributed by atoms with Crippen LogP contribution in [0.25, 0.3) is 0 Å². The minimum absolute atomic E-state index is 0.209. The van der Waals surface area contributed by atoms with Gasteiger partial charge < -0.3 is 15.4 Å². The van der Waals surface area contributed by atoms with Gasteiger partial charge in [-0.3, -0.25) is 4.79 Å². The van der Waals surface area contributed by atoms with Crippen LogP contribution in [0.2, 0.25) is 0 Å². The van der Waals surface area contributed by atoms with E-state index in [2.05, 4.69) is 34.9 Å². The average Bonchev–Trinajstić information content (AvgIpc) is 3.41. The SMILES string of the molecule is O=C(NCc1ccccc1COCc1ccccc1)C1CC12CCNCC2. The van der Waals surface area contributed by atoms with Gasteiger partial charge in [0.05, 0.1) is 13.2 Å². The van der Waals surface area contributed by atoms with E-state index in [4.69, 9.17) is 4.74 Å². The molecule has 1 amide bonds. The van der Waals surface area contributed by atoms with Crippen molar-refractivity contribution in [3.63, 3.8) is 0 Å². The second-order valence-corrected chi connectivity index (χ2v) is 7.83. The first-order valence-electron chi connectivity index (χ1n) is 9.94. The van der Waals surface area contributed by atoms with Crippen molar-refractivity contribution >= 4 is 5.91 Å². The van der Waals surface area contributed by atoms with Crippen LogP contribution in [0.3, 0.4) is 0 Å². The molecule has 1 unspecified atom stereocenters. The third-order valence-electron chi connectivity index (χ3n) is 6.05. The lowest BCUT2D eigenvalue weighted by molar-refractivity contribution is -0.123. The number of hydrogen-bond acceptors (Lipinski definition) is 3. The van der Waals surface area contributed by atoms with Crippen LogP contribution in [0.15, 0.2) is 54.6 Å². The van der Waals surface area contributed by atoms with Crippen LogP contribution in [0, 0.1) is 11.3 Å². The van der Waals surface area contributed by atoms with Gasteiger partial charge >= 0.3 is 0 Å². The average molecular weight is 364 g/mol. The highest BCUT2D eigenvalue weighted by atomic mass is 16.5. The molecular formula is C23H28N2O2. The molecule has 2 aromatic carbocycles. The Balaban J connectivity index is 1.28. The number of carbonyl (C=O) groups excluding carboxylic acids is 1. The molecular weight excluding hydrogens is 336 g/mol. The summed E-state index contributed by atoms with van der Waals surface area (Å²) in [6, 6.07) is 18.4. The molecule has 2 aromatic rings. The molecule has 0 bridgehead atoms. The van der Waals surface area contributed by atoms with Crippen LogP contribution in [0.4, 0.5) is 0 Å². The first-order valence-corrected chi connectivity index (χ1v) is 9.94. The maximum Gasteiger partial charge on any atom is 0.223 e. The van der Waals surface area contributed by atoms with E-state index in [-0.39, 0.29) is 17.2 Å². The zero-order valence-electron chi connectivity index (χ0n) is 15.7. The van der Waals surface area contributed by atoms with Crippen LogP contribution in [-0.2, 0) is 29.3 Å². The Labute approximate surface area is 161 Å². The summed E-state index contributed by atoms with van der Waals surface area (Å²) in [5.41, 5.74) is 3.73. The van der Waals surface area contributed by atoms with Crippen molar-refractivity contribution in [2.24, 2.45) is 11.3 Å². The predicted octanol–water partition coefficient (Wildman–Crippen LogP) is 3.41. The summed E-state index contributed by atoms with van der Waals surface area (Å²) in [5.74, 6) is 0.429. The predicted molar refractivity (Wildman–Crippen MR) is 106 cm³/mol. The number of amides is 1. The summed E-state index contributed by atoms with van der Waals surface area (Å²) in [6.07, 6.45) is 3.33. The van der Waals surface area contributed by atoms with Crippen LogP contribution >= 0.6 is 0 Å². The lowest BCUT2D eigenvalue weighted by atomic mass is 9.92. The number of piperidine rings is 1. The summed E-state index contributed by atoms with van der Waals surface area (Å²) < 4.78 is 5.88. The van der Waals surface area contributed by atoms with Gasteiger partial charge in [-0.05, 0) is 54.5 Å². The number of benzene rings is 2. The highest BCUT2D eigenvalue weighted by Gasteiger charge is 2.57. The fourth-order valence-corrected chi connectivity index (χ4v) is 4.23. The molecule has 1 saturated carbocycles. The van der Waals surface area contributed by atoms with Crippen molar-refractivity contribution in [3.05, 3.63) is 71.3 Å². The van der Waals surface area contributed by atoms with Gasteiger partial charge in [-0.15, -0.1) is 0 Å². The molecule has 4 nitrogen and oxygen atoms in total. The third kappa shape index (κ3) is 4.40. The van der Waals surface area contributed by atoms with Gasteiger partial charge in [0.25, 0.3) is 0 Å². The molecule has 2 aliphatic rings. The molecule has 4 heteroatoms. The number of ether oxygens (including phenoxy) is 1. The van der Waals surface area contributed by atoms with E-state index in [0.717, 1.165) is 43.5 Å². The van der Waals surface area contributed by atoms with Crippen molar-refractivity contribution in [2.45, 2.75) is 39.0 Å². The van der Waals surface area contributed by atoms with E-state index in [9.17, 15) is 4.79 Å². The molecule has 2 N–H and O–H groups in total. The smallest absolute Gasteiger partial charge is 0.223 e.